The van der Waals surface area contributed by atoms with E-state index in [0.29, 0.717) is 12.0 Å². The van der Waals surface area contributed by atoms with Crippen molar-refractivity contribution in [2.45, 2.75) is 31.4 Å². The standard InChI is InChI=1S/C20H21N3O2/c24-18(14-6-2-1-3-7-14)12-16-9-5-11-23(16)20(25)17-10-4-8-15-13-21-22-19(15)17/h1-4,6-8,10,13,16,18,24H,5,9,11-12H2,(H,21,22)/t16-,18-/m1/s1. The minimum atomic E-state index is -0.553. The van der Waals surface area contributed by atoms with Crippen molar-refractivity contribution >= 4 is 16.8 Å². The Bertz CT molecular complexity index is 875. The van der Waals surface area contributed by atoms with Gasteiger partial charge in [0.05, 0.1) is 23.4 Å². The molecule has 0 spiro atoms. The van der Waals surface area contributed by atoms with Crippen molar-refractivity contribution < 1.29 is 9.90 Å². The quantitative estimate of drug-likeness (QED) is 0.769. The number of aliphatic hydroxyl groups excluding tert-OH is 1. The first-order chi connectivity index (χ1) is 12.2. The number of nitrogens with one attached hydrogen (secondary N) is 1. The molecule has 1 saturated heterocycles. The Morgan fingerprint density at radius 3 is 2.92 bits per heavy atom. The zero-order valence-electron chi connectivity index (χ0n) is 13.9. The van der Waals surface area contributed by atoms with Crippen molar-refractivity contribution in [3.63, 3.8) is 0 Å². The third kappa shape index (κ3) is 3.03. The number of rotatable bonds is 4. The summed E-state index contributed by atoms with van der Waals surface area (Å²) < 4.78 is 0. The van der Waals surface area contributed by atoms with Crippen molar-refractivity contribution in [3.8, 4) is 0 Å². The number of carbonyl (C=O) groups is 1. The monoisotopic (exact) mass is 335 g/mol. The van der Waals surface area contributed by atoms with Crippen LogP contribution in [0.4, 0.5) is 0 Å². The molecule has 128 valence electrons. The average Bonchev–Trinajstić information content (AvgIpc) is 3.30. The predicted octanol–water partition coefficient (Wildman–Crippen LogP) is 3.29. The van der Waals surface area contributed by atoms with Crippen LogP contribution in [0, 0.1) is 0 Å². The van der Waals surface area contributed by atoms with Crippen LogP contribution in [0.15, 0.2) is 54.7 Å². The van der Waals surface area contributed by atoms with Gasteiger partial charge >= 0.3 is 0 Å². The Morgan fingerprint density at radius 2 is 2.08 bits per heavy atom. The van der Waals surface area contributed by atoms with Crippen LogP contribution >= 0.6 is 0 Å². The Labute approximate surface area is 146 Å². The number of para-hydroxylation sites is 1. The van der Waals surface area contributed by atoms with Gasteiger partial charge in [-0.2, -0.15) is 5.10 Å². The van der Waals surface area contributed by atoms with Crippen molar-refractivity contribution in [1.29, 1.82) is 0 Å². The first-order valence-electron chi connectivity index (χ1n) is 8.70. The van der Waals surface area contributed by atoms with Crippen LogP contribution in [0.3, 0.4) is 0 Å². The molecule has 2 heterocycles. The van der Waals surface area contributed by atoms with Gasteiger partial charge in [-0.25, -0.2) is 0 Å². The molecule has 0 aliphatic carbocycles. The number of amides is 1. The molecule has 0 bridgehead atoms. The predicted molar refractivity (Wildman–Crippen MR) is 96.2 cm³/mol. The van der Waals surface area contributed by atoms with E-state index in [1.165, 1.54) is 0 Å². The van der Waals surface area contributed by atoms with Crippen molar-refractivity contribution in [2.24, 2.45) is 0 Å². The molecule has 5 heteroatoms. The number of aromatic amines is 1. The lowest BCUT2D eigenvalue weighted by atomic mass is 10.00. The van der Waals surface area contributed by atoms with E-state index in [9.17, 15) is 9.90 Å². The zero-order chi connectivity index (χ0) is 17.2. The Morgan fingerprint density at radius 1 is 1.24 bits per heavy atom. The number of fused-ring (bicyclic) bond motifs is 1. The second-order valence-electron chi connectivity index (χ2n) is 6.60. The molecule has 4 rings (SSSR count). The second kappa shape index (κ2) is 6.69. The maximum absolute atomic E-state index is 13.1. The normalized spacial score (nSPS) is 18.6. The third-order valence-corrected chi connectivity index (χ3v) is 5.02. The molecule has 2 atom stereocenters. The summed E-state index contributed by atoms with van der Waals surface area (Å²) >= 11 is 0. The molecule has 1 aromatic heterocycles. The number of aromatic nitrogens is 2. The lowest BCUT2D eigenvalue weighted by Gasteiger charge is -2.27. The van der Waals surface area contributed by atoms with Gasteiger partial charge in [0.1, 0.15) is 0 Å². The van der Waals surface area contributed by atoms with Gasteiger partial charge in [-0.3, -0.25) is 9.89 Å². The highest BCUT2D eigenvalue weighted by Crippen LogP contribution is 2.29. The fourth-order valence-corrected chi connectivity index (χ4v) is 3.72. The van der Waals surface area contributed by atoms with E-state index in [-0.39, 0.29) is 11.9 Å². The highest BCUT2D eigenvalue weighted by Gasteiger charge is 2.32. The molecule has 0 saturated carbocycles. The number of benzene rings is 2. The Hall–Kier alpha value is -2.66. The summed E-state index contributed by atoms with van der Waals surface area (Å²) in [5, 5.41) is 18.4. The smallest absolute Gasteiger partial charge is 0.256 e. The summed E-state index contributed by atoms with van der Waals surface area (Å²) in [7, 11) is 0. The van der Waals surface area contributed by atoms with E-state index in [1.807, 2.05) is 53.4 Å². The van der Waals surface area contributed by atoms with Gasteiger partial charge in [-0.15, -0.1) is 0 Å². The molecular weight excluding hydrogens is 314 g/mol. The Kier molecular flexibility index (Phi) is 4.24. The van der Waals surface area contributed by atoms with Crippen LogP contribution in [0.2, 0.25) is 0 Å². The molecule has 1 amide bonds. The van der Waals surface area contributed by atoms with Crippen molar-refractivity contribution in [1.82, 2.24) is 15.1 Å². The second-order valence-corrected chi connectivity index (χ2v) is 6.60. The van der Waals surface area contributed by atoms with Gasteiger partial charge in [0, 0.05) is 18.0 Å². The van der Waals surface area contributed by atoms with Gasteiger partial charge < -0.3 is 10.0 Å². The molecule has 25 heavy (non-hydrogen) atoms. The fourth-order valence-electron chi connectivity index (χ4n) is 3.72. The van der Waals surface area contributed by atoms with Crippen LogP contribution < -0.4 is 0 Å². The lowest BCUT2D eigenvalue weighted by Crippen LogP contribution is -2.36. The fraction of sp³-hybridized carbons (Fsp3) is 0.300. The minimum Gasteiger partial charge on any atom is -0.388 e. The summed E-state index contributed by atoms with van der Waals surface area (Å²) in [5.74, 6) is 0.0117. The summed E-state index contributed by atoms with van der Waals surface area (Å²) in [6, 6.07) is 15.4. The number of likely N-dealkylation sites (tertiary alicyclic amines) is 1. The van der Waals surface area contributed by atoms with Crippen LogP contribution in [-0.2, 0) is 0 Å². The zero-order valence-corrected chi connectivity index (χ0v) is 13.9. The molecule has 0 unspecified atom stereocenters. The molecule has 0 radical (unpaired) electrons. The SMILES string of the molecule is O=C(c1cccc2cn[nH]c12)N1CCC[C@@H]1C[C@@H](O)c1ccccc1. The lowest BCUT2D eigenvalue weighted by molar-refractivity contribution is 0.0669. The minimum absolute atomic E-state index is 0.0117. The maximum Gasteiger partial charge on any atom is 0.256 e. The van der Waals surface area contributed by atoms with Gasteiger partial charge in [0.2, 0.25) is 0 Å². The van der Waals surface area contributed by atoms with Crippen LogP contribution in [-0.4, -0.2) is 38.7 Å². The topological polar surface area (TPSA) is 69.2 Å². The third-order valence-electron chi connectivity index (χ3n) is 5.02. The van der Waals surface area contributed by atoms with Crippen LogP contribution in [0.1, 0.15) is 41.3 Å². The first-order valence-corrected chi connectivity index (χ1v) is 8.70. The Balaban J connectivity index is 1.55. The largest absolute Gasteiger partial charge is 0.388 e. The van der Waals surface area contributed by atoms with E-state index >= 15 is 0 Å². The van der Waals surface area contributed by atoms with E-state index in [1.54, 1.807) is 6.20 Å². The van der Waals surface area contributed by atoms with Gasteiger partial charge in [0.15, 0.2) is 0 Å². The summed E-state index contributed by atoms with van der Waals surface area (Å²) in [4.78, 5) is 15.0. The van der Waals surface area contributed by atoms with E-state index in [4.69, 9.17) is 0 Å². The summed E-state index contributed by atoms with van der Waals surface area (Å²) in [5.41, 5.74) is 2.33. The summed E-state index contributed by atoms with van der Waals surface area (Å²) in [6.45, 7) is 0.732. The van der Waals surface area contributed by atoms with Gasteiger partial charge in [0.25, 0.3) is 5.91 Å². The summed E-state index contributed by atoms with van der Waals surface area (Å²) in [6.07, 6.45) is 3.63. The number of aliphatic hydroxyl groups is 1. The molecule has 1 fully saturated rings. The molecule has 5 nitrogen and oxygen atoms in total. The number of H-pyrrole nitrogens is 1. The highest BCUT2D eigenvalue weighted by molar-refractivity contribution is 6.05. The van der Waals surface area contributed by atoms with E-state index < -0.39 is 6.10 Å². The van der Waals surface area contributed by atoms with Crippen molar-refractivity contribution in [2.75, 3.05) is 6.54 Å². The van der Waals surface area contributed by atoms with Gasteiger partial charge in [-0.1, -0.05) is 42.5 Å². The van der Waals surface area contributed by atoms with Gasteiger partial charge in [-0.05, 0) is 30.9 Å². The highest BCUT2D eigenvalue weighted by atomic mass is 16.3. The molecule has 1 aliphatic rings. The van der Waals surface area contributed by atoms with Crippen LogP contribution in [0.5, 0.6) is 0 Å². The van der Waals surface area contributed by atoms with Crippen molar-refractivity contribution in [3.05, 3.63) is 65.9 Å². The molecule has 1 aliphatic heterocycles. The molecule has 2 aromatic carbocycles. The number of carbonyl (C=O) groups excluding carboxylic acids is 1. The van der Waals surface area contributed by atoms with E-state index in [2.05, 4.69) is 10.2 Å². The molecule has 3 aromatic rings. The van der Waals surface area contributed by atoms with Crippen LogP contribution in [0.25, 0.3) is 10.9 Å². The average molecular weight is 335 g/mol. The molecule has 2 N–H and O–H groups in total. The number of nitrogens with zero attached hydrogens (tertiary/aromatic N) is 2. The molecular formula is C20H21N3O2. The maximum atomic E-state index is 13.1. The number of hydrogen-bond donors (Lipinski definition) is 2. The van der Waals surface area contributed by atoms with E-state index in [0.717, 1.165) is 35.9 Å². The number of hydrogen-bond acceptors (Lipinski definition) is 3. The first kappa shape index (κ1) is 15.8.